The SMILES string of the molecule is [CH2-][n+]1ccccc1-c1cc(C)n[n-]1.[Zn+2]. The van der Waals surface area contributed by atoms with Gasteiger partial charge in [0, 0.05) is 12.7 Å². The van der Waals surface area contributed by atoms with Crippen LogP contribution in [-0.4, -0.2) is 5.10 Å². The zero-order chi connectivity index (χ0) is 9.26. The molecule has 0 unspecified atom stereocenters. The average Bonchev–Trinajstić information content (AvgIpc) is 2.53. The molecule has 0 bridgehead atoms. The summed E-state index contributed by atoms with van der Waals surface area (Å²) >= 11 is 0. The van der Waals surface area contributed by atoms with Gasteiger partial charge in [-0.25, -0.2) is 0 Å². The van der Waals surface area contributed by atoms with E-state index in [2.05, 4.69) is 17.2 Å². The van der Waals surface area contributed by atoms with Crippen LogP contribution in [0, 0.1) is 14.0 Å². The van der Waals surface area contributed by atoms with Crippen LogP contribution in [0.4, 0.5) is 0 Å². The maximum absolute atomic E-state index is 4.04. The van der Waals surface area contributed by atoms with Crippen LogP contribution in [0.15, 0.2) is 30.5 Å². The topological polar surface area (TPSA) is 30.9 Å². The smallest absolute Gasteiger partial charge is 0.581 e. The molecule has 0 amide bonds. The summed E-state index contributed by atoms with van der Waals surface area (Å²) in [5.74, 6) is 0. The first kappa shape index (κ1) is 10.9. The molecule has 0 radical (unpaired) electrons. The molecule has 0 fully saturated rings. The summed E-state index contributed by atoms with van der Waals surface area (Å²) in [4.78, 5) is 0. The molecule has 0 spiro atoms. The van der Waals surface area contributed by atoms with Gasteiger partial charge in [-0.3, -0.25) is 0 Å². The Labute approximate surface area is 95.9 Å². The number of hydrogen-bond acceptors (Lipinski definition) is 1. The fraction of sp³-hybridized carbons (Fsp3) is 0.100. The van der Waals surface area contributed by atoms with Gasteiger partial charge in [-0.1, -0.05) is 18.2 Å². The van der Waals surface area contributed by atoms with E-state index in [1.54, 1.807) is 4.57 Å². The van der Waals surface area contributed by atoms with Crippen LogP contribution >= 0.6 is 0 Å². The second-order valence-electron chi connectivity index (χ2n) is 2.93. The molecular formula is C10H10N3Zn+. The third kappa shape index (κ3) is 2.02. The van der Waals surface area contributed by atoms with E-state index in [0.29, 0.717) is 0 Å². The van der Waals surface area contributed by atoms with E-state index >= 15 is 0 Å². The first-order valence-corrected chi connectivity index (χ1v) is 4.06. The molecular weight excluding hydrogens is 228 g/mol. The second kappa shape index (κ2) is 4.38. The molecule has 4 heteroatoms. The fourth-order valence-electron chi connectivity index (χ4n) is 1.22. The molecule has 0 saturated carbocycles. The quantitative estimate of drug-likeness (QED) is 0.420. The Balaban J connectivity index is 0.000000980. The Bertz CT molecular complexity index is 423. The van der Waals surface area contributed by atoms with Crippen LogP contribution in [0.2, 0.25) is 0 Å². The number of nitrogens with zero attached hydrogens (tertiary/aromatic N) is 3. The first-order valence-electron chi connectivity index (χ1n) is 4.06. The number of hydrogen-bond donors (Lipinski definition) is 0. The van der Waals surface area contributed by atoms with Crippen molar-refractivity contribution in [2.75, 3.05) is 0 Å². The molecule has 0 aliphatic carbocycles. The zero-order valence-corrected chi connectivity index (χ0v) is 11.1. The third-order valence-corrected chi connectivity index (χ3v) is 1.86. The molecule has 14 heavy (non-hydrogen) atoms. The van der Waals surface area contributed by atoms with Crippen molar-refractivity contribution >= 4 is 0 Å². The van der Waals surface area contributed by atoms with Gasteiger partial charge in [0.25, 0.3) is 0 Å². The van der Waals surface area contributed by atoms with Crippen molar-refractivity contribution in [3.8, 4) is 11.4 Å². The van der Waals surface area contributed by atoms with Gasteiger partial charge in [-0.2, -0.15) is 0 Å². The molecule has 2 heterocycles. The standard InChI is InChI=1S/C10H10N3.Zn/c1-8-7-9(12-11-8)10-5-3-4-6-13(10)2;/h3-7H,2H2,1H3;/q-1;+2. The number of rotatable bonds is 1. The summed E-state index contributed by atoms with van der Waals surface area (Å²) in [5, 5.41) is 7.98. The van der Waals surface area contributed by atoms with Gasteiger partial charge in [0.05, 0.1) is 11.9 Å². The molecule has 2 rings (SSSR count). The minimum absolute atomic E-state index is 0. The van der Waals surface area contributed by atoms with Crippen molar-refractivity contribution in [3.63, 3.8) is 0 Å². The molecule has 0 aromatic carbocycles. The van der Waals surface area contributed by atoms with Crippen molar-refractivity contribution in [1.82, 2.24) is 10.2 Å². The fourth-order valence-corrected chi connectivity index (χ4v) is 1.22. The Hall–Kier alpha value is -1.15. The predicted octanol–water partition coefficient (Wildman–Crippen LogP) is 0.939. The average molecular weight is 238 g/mol. The Morgan fingerprint density at radius 3 is 2.79 bits per heavy atom. The molecule has 0 N–H and O–H groups in total. The van der Waals surface area contributed by atoms with Crippen LogP contribution in [0.5, 0.6) is 0 Å². The van der Waals surface area contributed by atoms with Crippen molar-refractivity contribution in [2.45, 2.75) is 6.92 Å². The summed E-state index contributed by atoms with van der Waals surface area (Å²) in [5.41, 5.74) is 2.77. The molecule has 66 valence electrons. The van der Waals surface area contributed by atoms with Gasteiger partial charge in [0.1, 0.15) is 0 Å². The van der Waals surface area contributed by atoms with Gasteiger partial charge >= 0.3 is 19.5 Å². The minimum atomic E-state index is 0. The summed E-state index contributed by atoms with van der Waals surface area (Å²) in [6.07, 6.45) is 1.89. The molecule has 0 aliphatic rings. The Morgan fingerprint density at radius 1 is 1.43 bits per heavy atom. The van der Waals surface area contributed by atoms with Crippen molar-refractivity contribution in [2.24, 2.45) is 0 Å². The van der Waals surface area contributed by atoms with Gasteiger partial charge in [-0.15, -0.1) is 5.69 Å². The van der Waals surface area contributed by atoms with Crippen molar-refractivity contribution in [3.05, 3.63) is 43.2 Å². The molecule has 3 nitrogen and oxygen atoms in total. The molecule has 0 atom stereocenters. The normalized spacial score (nSPS) is 9.50. The first-order chi connectivity index (χ1) is 6.27. The van der Waals surface area contributed by atoms with E-state index in [9.17, 15) is 0 Å². The Kier molecular flexibility index (Phi) is 3.42. The van der Waals surface area contributed by atoms with Crippen LogP contribution in [0.1, 0.15) is 5.69 Å². The molecule has 0 aliphatic heterocycles. The van der Waals surface area contributed by atoms with Gasteiger partial charge in [0.15, 0.2) is 0 Å². The summed E-state index contributed by atoms with van der Waals surface area (Å²) in [6.45, 7) is 1.92. The van der Waals surface area contributed by atoms with Crippen molar-refractivity contribution in [1.29, 1.82) is 0 Å². The minimum Gasteiger partial charge on any atom is -0.581 e. The largest absolute Gasteiger partial charge is 2.00 e. The van der Waals surface area contributed by atoms with Crippen molar-refractivity contribution < 1.29 is 24.0 Å². The van der Waals surface area contributed by atoms with Crippen LogP contribution in [-0.2, 0) is 19.5 Å². The van der Waals surface area contributed by atoms with E-state index in [-0.39, 0.29) is 19.5 Å². The van der Waals surface area contributed by atoms with E-state index in [1.807, 2.05) is 37.4 Å². The van der Waals surface area contributed by atoms with E-state index < -0.39 is 0 Å². The Morgan fingerprint density at radius 2 is 2.21 bits per heavy atom. The van der Waals surface area contributed by atoms with E-state index in [4.69, 9.17) is 0 Å². The third-order valence-electron chi connectivity index (χ3n) is 1.86. The summed E-state index contributed by atoms with van der Waals surface area (Å²) in [7, 11) is 3.86. The predicted molar refractivity (Wildman–Crippen MR) is 48.7 cm³/mol. The number of aromatic nitrogens is 3. The monoisotopic (exact) mass is 236 g/mol. The summed E-state index contributed by atoms with van der Waals surface area (Å²) < 4.78 is 1.78. The van der Waals surface area contributed by atoms with E-state index in [0.717, 1.165) is 17.1 Å². The number of pyridine rings is 1. The number of aryl methyl sites for hydroxylation is 1. The maximum Gasteiger partial charge on any atom is 2.00 e. The molecule has 0 saturated heterocycles. The van der Waals surface area contributed by atoms with Gasteiger partial charge in [0.2, 0.25) is 0 Å². The van der Waals surface area contributed by atoms with Crippen LogP contribution in [0.3, 0.4) is 0 Å². The van der Waals surface area contributed by atoms with E-state index in [1.165, 1.54) is 0 Å². The van der Waals surface area contributed by atoms with Crippen LogP contribution < -0.4 is 9.67 Å². The van der Waals surface area contributed by atoms with Crippen LogP contribution in [0.25, 0.3) is 11.4 Å². The van der Waals surface area contributed by atoms with Gasteiger partial charge < -0.3 is 14.8 Å². The maximum atomic E-state index is 4.04. The van der Waals surface area contributed by atoms with Gasteiger partial charge in [-0.05, 0) is 13.0 Å². The molecule has 2 aromatic heterocycles. The second-order valence-corrected chi connectivity index (χ2v) is 2.93. The summed E-state index contributed by atoms with van der Waals surface area (Å²) in [6, 6.07) is 7.80. The zero-order valence-electron chi connectivity index (χ0n) is 8.14. The molecule has 2 aromatic rings.